The van der Waals surface area contributed by atoms with Crippen molar-refractivity contribution < 1.29 is 18.8 Å². The minimum absolute atomic E-state index is 0.0581. The summed E-state index contributed by atoms with van der Waals surface area (Å²) in [6.07, 6.45) is 6.44. The van der Waals surface area contributed by atoms with Crippen LogP contribution >= 0.6 is 0 Å². The summed E-state index contributed by atoms with van der Waals surface area (Å²) >= 11 is 0. The molecule has 0 spiro atoms. The van der Waals surface area contributed by atoms with Gasteiger partial charge >= 0.3 is 0 Å². The number of carbonyl (C=O) groups excluding carboxylic acids is 3. The maximum absolute atomic E-state index is 13.9. The summed E-state index contributed by atoms with van der Waals surface area (Å²) in [7, 11) is 0. The molecule has 1 aliphatic rings. The number of nitrogens with two attached hydrogens (primary N) is 1. The number of amides is 3. The Bertz CT molecular complexity index is 1170. The standard InChI is InChI=1S/C28H32N4O4/c1-20-11-13-22(14-12-20)28(27(29)35,21-7-2-3-8-21)32(19-23-9-6-18-36-23)26(34)16-15-25(33)31-24-10-4-5-17-30-24/h4-6,9-14,17-18,21H,2-3,7-8,15-16,19H2,1H3,(H2,29,35)(H,30,31,33). The van der Waals surface area contributed by atoms with E-state index in [1.807, 2.05) is 31.2 Å². The van der Waals surface area contributed by atoms with Gasteiger partial charge < -0.3 is 20.4 Å². The van der Waals surface area contributed by atoms with Crippen LogP contribution in [0.5, 0.6) is 0 Å². The zero-order valence-electron chi connectivity index (χ0n) is 20.5. The average Bonchev–Trinajstić information content (AvgIpc) is 3.59. The van der Waals surface area contributed by atoms with Gasteiger partial charge in [0.25, 0.3) is 0 Å². The average molecular weight is 489 g/mol. The molecule has 1 saturated carbocycles. The molecular weight excluding hydrogens is 456 g/mol. The summed E-state index contributed by atoms with van der Waals surface area (Å²) in [5.74, 6) is -0.429. The molecule has 0 radical (unpaired) electrons. The van der Waals surface area contributed by atoms with Crippen molar-refractivity contribution in [3.05, 3.63) is 83.9 Å². The van der Waals surface area contributed by atoms with Gasteiger partial charge in [-0.15, -0.1) is 0 Å². The fourth-order valence-electron chi connectivity index (χ4n) is 5.21. The second-order valence-corrected chi connectivity index (χ2v) is 9.30. The van der Waals surface area contributed by atoms with Crippen LogP contribution in [0.25, 0.3) is 0 Å². The molecule has 2 heterocycles. The number of primary amides is 1. The third kappa shape index (κ3) is 5.32. The first-order valence-electron chi connectivity index (χ1n) is 12.3. The Kier molecular flexibility index (Phi) is 7.83. The third-order valence-corrected chi connectivity index (χ3v) is 6.93. The molecule has 4 rings (SSSR count). The first-order chi connectivity index (χ1) is 17.4. The van der Waals surface area contributed by atoms with E-state index < -0.39 is 11.4 Å². The number of pyridine rings is 1. The van der Waals surface area contributed by atoms with E-state index >= 15 is 0 Å². The van der Waals surface area contributed by atoms with Crippen molar-refractivity contribution in [2.24, 2.45) is 11.7 Å². The van der Waals surface area contributed by atoms with E-state index in [9.17, 15) is 14.4 Å². The van der Waals surface area contributed by atoms with Crippen LogP contribution in [0.15, 0.2) is 71.5 Å². The lowest BCUT2D eigenvalue weighted by molar-refractivity contribution is -0.153. The number of anilines is 1. The molecule has 0 aliphatic heterocycles. The van der Waals surface area contributed by atoms with Crippen LogP contribution in [-0.2, 0) is 26.5 Å². The summed E-state index contributed by atoms with van der Waals surface area (Å²) in [5.41, 5.74) is 6.57. The Morgan fingerprint density at radius 3 is 2.42 bits per heavy atom. The number of carbonyl (C=O) groups is 3. The van der Waals surface area contributed by atoms with Crippen LogP contribution in [0.2, 0.25) is 0 Å². The topological polar surface area (TPSA) is 119 Å². The van der Waals surface area contributed by atoms with Gasteiger partial charge in [0.15, 0.2) is 0 Å². The molecule has 0 saturated heterocycles. The van der Waals surface area contributed by atoms with Crippen LogP contribution in [0.1, 0.15) is 55.4 Å². The van der Waals surface area contributed by atoms with Crippen molar-refractivity contribution >= 4 is 23.5 Å². The van der Waals surface area contributed by atoms with Gasteiger partial charge in [0.2, 0.25) is 17.7 Å². The van der Waals surface area contributed by atoms with Crippen LogP contribution in [-0.4, -0.2) is 27.6 Å². The molecule has 36 heavy (non-hydrogen) atoms. The molecule has 8 nitrogen and oxygen atoms in total. The summed E-state index contributed by atoms with van der Waals surface area (Å²) in [5, 5.41) is 2.71. The number of nitrogens with zero attached hydrogens (tertiary/aromatic N) is 2. The Morgan fingerprint density at radius 2 is 1.81 bits per heavy atom. The van der Waals surface area contributed by atoms with Crippen molar-refractivity contribution in [3.8, 4) is 0 Å². The lowest BCUT2D eigenvalue weighted by Crippen LogP contribution is -2.60. The molecular formula is C28H32N4O4. The predicted octanol–water partition coefficient (Wildman–Crippen LogP) is 4.30. The van der Waals surface area contributed by atoms with E-state index in [4.69, 9.17) is 10.2 Å². The Morgan fingerprint density at radius 1 is 1.06 bits per heavy atom. The maximum Gasteiger partial charge on any atom is 0.248 e. The molecule has 1 unspecified atom stereocenters. The van der Waals surface area contributed by atoms with E-state index in [2.05, 4.69) is 10.3 Å². The summed E-state index contributed by atoms with van der Waals surface area (Å²) in [6, 6.07) is 16.3. The Labute approximate surface area is 210 Å². The van der Waals surface area contributed by atoms with Gasteiger partial charge in [-0.25, -0.2) is 4.98 Å². The number of hydrogen-bond acceptors (Lipinski definition) is 5. The molecule has 1 aromatic carbocycles. The highest BCUT2D eigenvalue weighted by Gasteiger charge is 2.53. The summed E-state index contributed by atoms with van der Waals surface area (Å²) in [6.45, 7) is 2.04. The van der Waals surface area contributed by atoms with E-state index in [0.29, 0.717) is 17.1 Å². The van der Waals surface area contributed by atoms with Crippen molar-refractivity contribution in [1.29, 1.82) is 0 Å². The van der Waals surface area contributed by atoms with E-state index in [-0.39, 0.29) is 37.1 Å². The van der Waals surface area contributed by atoms with Crippen molar-refractivity contribution in [1.82, 2.24) is 9.88 Å². The van der Waals surface area contributed by atoms with E-state index in [1.54, 1.807) is 41.4 Å². The van der Waals surface area contributed by atoms with Crippen molar-refractivity contribution in [3.63, 3.8) is 0 Å². The highest BCUT2D eigenvalue weighted by Crippen LogP contribution is 2.46. The number of hydrogen-bond donors (Lipinski definition) is 2. The molecule has 3 N–H and O–H groups in total. The molecule has 188 valence electrons. The zero-order chi connectivity index (χ0) is 25.5. The molecule has 1 aliphatic carbocycles. The monoisotopic (exact) mass is 488 g/mol. The number of aromatic nitrogens is 1. The van der Waals surface area contributed by atoms with Gasteiger partial charge in [-0.3, -0.25) is 14.4 Å². The Hall–Kier alpha value is -3.94. The normalized spacial score (nSPS) is 15.2. The minimum Gasteiger partial charge on any atom is -0.467 e. The highest BCUT2D eigenvalue weighted by molar-refractivity contribution is 5.95. The number of aryl methyl sites for hydroxylation is 1. The minimum atomic E-state index is -1.36. The lowest BCUT2D eigenvalue weighted by atomic mass is 9.74. The van der Waals surface area contributed by atoms with E-state index in [1.165, 1.54) is 6.26 Å². The highest BCUT2D eigenvalue weighted by atomic mass is 16.3. The third-order valence-electron chi connectivity index (χ3n) is 6.93. The smallest absolute Gasteiger partial charge is 0.248 e. The van der Waals surface area contributed by atoms with Gasteiger partial charge in [0.05, 0.1) is 12.8 Å². The number of nitrogens with one attached hydrogen (secondary N) is 1. The van der Waals surface area contributed by atoms with Crippen molar-refractivity contribution in [2.45, 2.75) is 57.5 Å². The van der Waals surface area contributed by atoms with Gasteiger partial charge in [-0.1, -0.05) is 48.7 Å². The molecule has 3 amide bonds. The second kappa shape index (κ2) is 11.2. The Balaban J connectivity index is 1.68. The van der Waals surface area contributed by atoms with Crippen molar-refractivity contribution in [2.75, 3.05) is 5.32 Å². The number of rotatable bonds is 10. The number of furan rings is 1. The molecule has 0 bridgehead atoms. The zero-order valence-corrected chi connectivity index (χ0v) is 20.5. The molecule has 1 fully saturated rings. The van der Waals surface area contributed by atoms with E-state index in [0.717, 1.165) is 31.2 Å². The van der Waals surface area contributed by atoms with Gasteiger partial charge in [-0.2, -0.15) is 0 Å². The molecule has 2 aromatic heterocycles. The molecule has 3 aromatic rings. The first kappa shape index (κ1) is 25.2. The largest absolute Gasteiger partial charge is 0.467 e. The maximum atomic E-state index is 13.9. The molecule has 1 atom stereocenters. The van der Waals surface area contributed by atoms with Crippen LogP contribution < -0.4 is 11.1 Å². The van der Waals surface area contributed by atoms with Crippen LogP contribution in [0.4, 0.5) is 5.82 Å². The SMILES string of the molecule is Cc1ccc(C(C(N)=O)(C2CCCC2)N(Cc2ccco2)C(=O)CCC(=O)Nc2ccccn2)cc1. The van der Waals surface area contributed by atoms with Crippen LogP contribution in [0, 0.1) is 12.8 Å². The first-order valence-corrected chi connectivity index (χ1v) is 12.3. The van der Waals surface area contributed by atoms with Gasteiger partial charge in [0.1, 0.15) is 17.1 Å². The van der Waals surface area contributed by atoms with Crippen LogP contribution in [0.3, 0.4) is 0 Å². The molecule has 8 heteroatoms. The fraction of sp³-hybridized carbons (Fsp3) is 0.357. The second-order valence-electron chi connectivity index (χ2n) is 9.30. The van der Waals surface area contributed by atoms with Gasteiger partial charge in [-0.05, 0) is 55.5 Å². The van der Waals surface area contributed by atoms with Gasteiger partial charge in [0, 0.05) is 19.0 Å². The fourth-order valence-corrected chi connectivity index (χ4v) is 5.21. The lowest BCUT2D eigenvalue weighted by Gasteiger charge is -2.46. The summed E-state index contributed by atoms with van der Waals surface area (Å²) in [4.78, 5) is 45.5. The number of benzene rings is 1. The predicted molar refractivity (Wildman–Crippen MR) is 135 cm³/mol. The summed E-state index contributed by atoms with van der Waals surface area (Å²) < 4.78 is 5.58. The quantitative estimate of drug-likeness (QED) is 0.441.